The zero-order valence-corrected chi connectivity index (χ0v) is 11.4. The molecule has 0 spiro atoms. The summed E-state index contributed by atoms with van der Waals surface area (Å²) >= 11 is 0. The van der Waals surface area contributed by atoms with E-state index in [1.165, 1.54) is 0 Å². The lowest BCUT2D eigenvalue weighted by Gasteiger charge is -2.08. The molecule has 0 aliphatic heterocycles. The molecule has 2 rings (SSSR count). The van der Waals surface area contributed by atoms with E-state index in [9.17, 15) is 0 Å². The van der Waals surface area contributed by atoms with Crippen LogP contribution < -0.4 is 10.5 Å². The number of nitrogens with zero attached hydrogens (tertiary/aromatic N) is 3. The third kappa shape index (κ3) is 3.79. The van der Waals surface area contributed by atoms with Crippen LogP contribution in [0.4, 0.5) is 0 Å². The molecule has 0 aliphatic carbocycles. The van der Waals surface area contributed by atoms with Crippen LogP contribution in [0.3, 0.4) is 0 Å². The maximum atomic E-state index is 9.00. The molecule has 0 radical (unpaired) electrons. The Hall–Kier alpha value is -1.92. The normalized spacial score (nSPS) is 10.7. The Morgan fingerprint density at radius 3 is 2.75 bits per heavy atom. The van der Waals surface area contributed by atoms with Crippen molar-refractivity contribution in [2.45, 2.75) is 25.9 Å². The second-order valence-corrected chi connectivity index (χ2v) is 4.40. The van der Waals surface area contributed by atoms with Crippen molar-refractivity contribution in [1.29, 1.82) is 0 Å². The van der Waals surface area contributed by atoms with Crippen LogP contribution in [0.1, 0.15) is 17.8 Å². The summed E-state index contributed by atoms with van der Waals surface area (Å²) in [5.41, 5.74) is 7.42. The van der Waals surface area contributed by atoms with Gasteiger partial charge in [0.1, 0.15) is 5.75 Å². The van der Waals surface area contributed by atoms with Crippen molar-refractivity contribution in [3.63, 3.8) is 0 Å². The maximum Gasteiger partial charge on any atom is 0.119 e. The van der Waals surface area contributed by atoms with Gasteiger partial charge in [0.05, 0.1) is 31.1 Å². The average molecular weight is 276 g/mol. The molecule has 0 fully saturated rings. The molecule has 1 aromatic heterocycles. The predicted molar refractivity (Wildman–Crippen MR) is 75.3 cm³/mol. The Labute approximate surface area is 118 Å². The van der Waals surface area contributed by atoms with E-state index in [1.54, 1.807) is 4.68 Å². The molecule has 1 aromatic carbocycles. The molecule has 0 atom stereocenters. The lowest BCUT2D eigenvalue weighted by molar-refractivity contribution is 0.264. The SMILES string of the molecule is NCc1nnn(CCO)c1CCCOc1ccccc1. The van der Waals surface area contributed by atoms with Crippen LogP contribution >= 0.6 is 0 Å². The summed E-state index contributed by atoms with van der Waals surface area (Å²) in [5.74, 6) is 0.869. The number of benzene rings is 1. The third-order valence-electron chi connectivity index (χ3n) is 2.99. The van der Waals surface area contributed by atoms with Gasteiger partial charge < -0.3 is 15.6 Å². The fourth-order valence-corrected chi connectivity index (χ4v) is 2.02. The van der Waals surface area contributed by atoms with E-state index in [4.69, 9.17) is 15.6 Å². The van der Waals surface area contributed by atoms with E-state index in [1.807, 2.05) is 30.3 Å². The number of aromatic nitrogens is 3. The topological polar surface area (TPSA) is 86.2 Å². The molecule has 20 heavy (non-hydrogen) atoms. The Morgan fingerprint density at radius 2 is 2.05 bits per heavy atom. The van der Waals surface area contributed by atoms with Gasteiger partial charge in [-0.2, -0.15) is 0 Å². The number of hydrogen-bond donors (Lipinski definition) is 2. The van der Waals surface area contributed by atoms with Crippen molar-refractivity contribution in [2.24, 2.45) is 5.73 Å². The van der Waals surface area contributed by atoms with Gasteiger partial charge in [0.25, 0.3) is 0 Å². The second-order valence-electron chi connectivity index (χ2n) is 4.40. The molecule has 0 unspecified atom stereocenters. The van der Waals surface area contributed by atoms with Crippen LogP contribution in [0, 0.1) is 0 Å². The van der Waals surface area contributed by atoms with Gasteiger partial charge in [-0.1, -0.05) is 23.4 Å². The Balaban J connectivity index is 1.85. The predicted octanol–water partition coefficient (Wildman–Crippen LogP) is 0.741. The number of ether oxygens (including phenoxy) is 1. The average Bonchev–Trinajstić information content (AvgIpc) is 2.87. The molecule has 108 valence electrons. The highest BCUT2D eigenvalue weighted by molar-refractivity contribution is 5.20. The number of para-hydroxylation sites is 1. The number of hydrogen-bond acceptors (Lipinski definition) is 5. The van der Waals surface area contributed by atoms with Crippen LogP contribution in [0.15, 0.2) is 30.3 Å². The maximum absolute atomic E-state index is 9.00. The van der Waals surface area contributed by atoms with E-state index < -0.39 is 0 Å². The largest absolute Gasteiger partial charge is 0.494 e. The van der Waals surface area contributed by atoms with E-state index in [2.05, 4.69) is 10.3 Å². The van der Waals surface area contributed by atoms with Crippen LogP contribution in [0.25, 0.3) is 0 Å². The molecule has 0 amide bonds. The van der Waals surface area contributed by atoms with Gasteiger partial charge in [-0.15, -0.1) is 5.10 Å². The molecule has 2 aromatic rings. The van der Waals surface area contributed by atoms with E-state index in [-0.39, 0.29) is 6.61 Å². The molecule has 0 bridgehead atoms. The summed E-state index contributed by atoms with van der Waals surface area (Å²) in [4.78, 5) is 0. The zero-order chi connectivity index (χ0) is 14.2. The number of aliphatic hydroxyl groups is 1. The Bertz CT molecular complexity index is 513. The summed E-state index contributed by atoms with van der Waals surface area (Å²) < 4.78 is 7.36. The van der Waals surface area contributed by atoms with Crippen LogP contribution in [0.5, 0.6) is 5.75 Å². The number of nitrogens with two attached hydrogens (primary N) is 1. The third-order valence-corrected chi connectivity index (χ3v) is 2.99. The smallest absolute Gasteiger partial charge is 0.119 e. The highest BCUT2D eigenvalue weighted by Crippen LogP contribution is 2.11. The first-order valence-corrected chi connectivity index (χ1v) is 6.75. The van der Waals surface area contributed by atoms with Gasteiger partial charge in [0.15, 0.2) is 0 Å². The van der Waals surface area contributed by atoms with Crippen LogP contribution in [0.2, 0.25) is 0 Å². The lowest BCUT2D eigenvalue weighted by atomic mass is 10.2. The molecule has 6 heteroatoms. The van der Waals surface area contributed by atoms with Gasteiger partial charge in [-0.05, 0) is 25.0 Å². The first kappa shape index (κ1) is 14.5. The van der Waals surface area contributed by atoms with E-state index >= 15 is 0 Å². The van der Waals surface area contributed by atoms with Gasteiger partial charge in [0, 0.05) is 6.54 Å². The first-order chi connectivity index (χ1) is 9.85. The Kier molecular flexibility index (Phi) is 5.52. The summed E-state index contributed by atoms with van der Waals surface area (Å²) in [6, 6.07) is 9.72. The molecular weight excluding hydrogens is 256 g/mol. The summed E-state index contributed by atoms with van der Waals surface area (Å²) in [7, 11) is 0. The molecular formula is C14H20N4O2. The van der Waals surface area contributed by atoms with Crippen LogP contribution in [-0.2, 0) is 19.5 Å². The Morgan fingerprint density at radius 1 is 1.25 bits per heavy atom. The van der Waals surface area contributed by atoms with Gasteiger partial charge >= 0.3 is 0 Å². The highest BCUT2D eigenvalue weighted by Gasteiger charge is 2.10. The summed E-state index contributed by atoms with van der Waals surface area (Å²) in [6.45, 7) is 1.47. The van der Waals surface area contributed by atoms with Crippen molar-refractivity contribution in [3.05, 3.63) is 41.7 Å². The van der Waals surface area contributed by atoms with Gasteiger partial charge in [0.2, 0.25) is 0 Å². The standard InChI is InChI=1S/C14H20N4O2/c15-11-13-14(18(8-9-19)17-16-13)7-4-10-20-12-5-2-1-3-6-12/h1-3,5-6,19H,4,7-11,15H2. The van der Waals surface area contributed by atoms with Gasteiger partial charge in [-0.25, -0.2) is 4.68 Å². The highest BCUT2D eigenvalue weighted by atomic mass is 16.5. The van der Waals surface area contributed by atoms with E-state index in [0.717, 1.165) is 30.0 Å². The fraction of sp³-hybridized carbons (Fsp3) is 0.429. The first-order valence-electron chi connectivity index (χ1n) is 6.75. The van der Waals surface area contributed by atoms with Gasteiger partial charge in [-0.3, -0.25) is 0 Å². The summed E-state index contributed by atoms with van der Waals surface area (Å²) in [5, 5.41) is 17.0. The minimum absolute atomic E-state index is 0.0425. The monoisotopic (exact) mass is 276 g/mol. The molecule has 0 aliphatic rings. The van der Waals surface area contributed by atoms with Crippen molar-refractivity contribution < 1.29 is 9.84 Å². The van der Waals surface area contributed by atoms with E-state index in [0.29, 0.717) is 19.7 Å². The minimum atomic E-state index is 0.0425. The fourth-order valence-electron chi connectivity index (χ4n) is 2.02. The molecule has 3 N–H and O–H groups in total. The number of aliphatic hydroxyl groups excluding tert-OH is 1. The summed E-state index contributed by atoms with van der Waals surface area (Å²) in [6.07, 6.45) is 1.63. The number of rotatable bonds is 8. The molecule has 1 heterocycles. The van der Waals surface area contributed by atoms with Crippen molar-refractivity contribution >= 4 is 0 Å². The second kappa shape index (κ2) is 7.62. The van der Waals surface area contributed by atoms with Crippen molar-refractivity contribution in [2.75, 3.05) is 13.2 Å². The molecule has 0 saturated carbocycles. The lowest BCUT2D eigenvalue weighted by Crippen LogP contribution is -2.11. The quantitative estimate of drug-likeness (QED) is 0.695. The van der Waals surface area contributed by atoms with Crippen molar-refractivity contribution in [1.82, 2.24) is 15.0 Å². The minimum Gasteiger partial charge on any atom is -0.494 e. The van der Waals surface area contributed by atoms with Crippen LogP contribution in [-0.4, -0.2) is 33.3 Å². The molecule has 0 saturated heterocycles. The zero-order valence-electron chi connectivity index (χ0n) is 11.4. The van der Waals surface area contributed by atoms with Crippen molar-refractivity contribution in [3.8, 4) is 5.75 Å². The molecule has 6 nitrogen and oxygen atoms in total.